The van der Waals surface area contributed by atoms with Crippen molar-refractivity contribution in [1.29, 1.82) is 0 Å². The first kappa shape index (κ1) is 16.1. The molecule has 0 aliphatic carbocycles. The van der Waals surface area contributed by atoms with Gasteiger partial charge in [-0.25, -0.2) is 12.7 Å². The number of amides is 1. The maximum absolute atomic E-state index is 12.1. The lowest BCUT2D eigenvalue weighted by Crippen LogP contribution is -2.25. The highest BCUT2D eigenvalue weighted by Gasteiger charge is 2.18. The van der Waals surface area contributed by atoms with Gasteiger partial charge in [-0.15, -0.1) is 0 Å². The molecule has 116 valence electrons. The Morgan fingerprint density at radius 1 is 1.23 bits per heavy atom. The number of hydrogen-bond acceptors (Lipinski definition) is 4. The Labute approximate surface area is 129 Å². The van der Waals surface area contributed by atoms with Crippen LogP contribution in [0.25, 0.3) is 0 Å². The number of rotatable bonds is 5. The van der Waals surface area contributed by atoms with Crippen molar-refractivity contribution in [1.82, 2.24) is 14.6 Å². The molecule has 0 bridgehead atoms. The molecule has 1 N–H and O–H groups in total. The molecule has 0 aliphatic rings. The van der Waals surface area contributed by atoms with Gasteiger partial charge in [-0.1, -0.05) is 12.1 Å². The Morgan fingerprint density at radius 3 is 2.64 bits per heavy atom. The number of pyridine rings is 1. The predicted octanol–water partition coefficient (Wildman–Crippen LogP) is 1.26. The summed E-state index contributed by atoms with van der Waals surface area (Å²) >= 11 is 0. The van der Waals surface area contributed by atoms with Crippen molar-refractivity contribution >= 4 is 15.9 Å². The first-order valence-corrected chi connectivity index (χ1v) is 8.05. The van der Waals surface area contributed by atoms with E-state index in [4.69, 9.17) is 0 Å². The van der Waals surface area contributed by atoms with E-state index in [9.17, 15) is 13.2 Å². The molecular formula is C15H17N3O3S. The maximum Gasteiger partial charge on any atom is 0.251 e. The SMILES string of the molecule is CN(C)S(=O)(=O)c1cccc(C(=O)NCc2cccnc2)c1. The van der Waals surface area contributed by atoms with Crippen LogP contribution in [0.15, 0.2) is 53.7 Å². The number of aromatic nitrogens is 1. The van der Waals surface area contributed by atoms with Crippen LogP contribution in [0.4, 0.5) is 0 Å². The van der Waals surface area contributed by atoms with Gasteiger partial charge in [0, 0.05) is 38.6 Å². The van der Waals surface area contributed by atoms with Crippen LogP contribution >= 0.6 is 0 Å². The largest absolute Gasteiger partial charge is 0.348 e. The third kappa shape index (κ3) is 3.69. The van der Waals surface area contributed by atoms with Gasteiger partial charge in [0.25, 0.3) is 5.91 Å². The highest BCUT2D eigenvalue weighted by Crippen LogP contribution is 2.15. The van der Waals surface area contributed by atoms with Crippen LogP contribution in [0.5, 0.6) is 0 Å². The van der Waals surface area contributed by atoms with Crippen LogP contribution in [0.3, 0.4) is 0 Å². The molecule has 1 aromatic carbocycles. The molecule has 0 aliphatic heterocycles. The maximum atomic E-state index is 12.1. The van der Waals surface area contributed by atoms with Crippen molar-refractivity contribution in [2.24, 2.45) is 0 Å². The monoisotopic (exact) mass is 319 g/mol. The molecule has 0 fully saturated rings. The van der Waals surface area contributed by atoms with Gasteiger partial charge in [0.15, 0.2) is 0 Å². The van der Waals surface area contributed by atoms with Crippen LogP contribution in [0.2, 0.25) is 0 Å². The second-order valence-corrected chi connectivity index (χ2v) is 7.01. The van der Waals surface area contributed by atoms with Gasteiger partial charge in [-0.05, 0) is 29.8 Å². The smallest absolute Gasteiger partial charge is 0.251 e. The van der Waals surface area contributed by atoms with Crippen LogP contribution in [0.1, 0.15) is 15.9 Å². The van der Waals surface area contributed by atoms with E-state index in [-0.39, 0.29) is 10.8 Å². The Morgan fingerprint density at radius 2 is 2.00 bits per heavy atom. The number of nitrogens with zero attached hydrogens (tertiary/aromatic N) is 2. The van der Waals surface area contributed by atoms with Crippen molar-refractivity contribution in [3.63, 3.8) is 0 Å². The number of carbonyl (C=O) groups is 1. The zero-order valence-electron chi connectivity index (χ0n) is 12.4. The first-order valence-electron chi connectivity index (χ1n) is 6.61. The highest BCUT2D eigenvalue weighted by atomic mass is 32.2. The Bertz CT molecular complexity index is 759. The van der Waals surface area contributed by atoms with E-state index in [0.717, 1.165) is 9.87 Å². The standard InChI is InChI=1S/C15H17N3O3S/c1-18(2)22(20,21)14-7-3-6-13(9-14)15(19)17-11-12-5-4-8-16-10-12/h3-10H,11H2,1-2H3,(H,17,19). The van der Waals surface area contributed by atoms with Gasteiger partial charge in [-0.2, -0.15) is 0 Å². The summed E-state index contributed by atoms with van der Waals surface area (Å²) in [6, 6.07) is 9.59. The second-order valence-electron chi connectivity index (χ2n) is 4.86. The summed E-state index contributed by atoms with van der Waals surface area (Å²) < 4.78 is 25.3. The molecule has 0 unspecified atom stereocenters. The van der Waals surface area contributed by atoms with E-state index in [1.165, 1.54) is 26.2 Å². The van der Waals surface area contributed by atoms with Gasteiger partial charge in [0.05, 0.1) is 4.90 Å². The summed E-state index contributed by atoms with van der Waals surface area (Å²) in [5.41, 5.74) is 1.17. The van der Waals surface area contributed by atoms with Gasteiger partial charge >= 0.3 is 0 Å². The predicted molar refractivity (Wildman–Crippen MR) is 82.7 cm³/mol. The second kappa shape index (κ2) is 6.67. The van der Waals surface area contributed by atoms with Crippen molar-refractivity contribution in [3.8, 4) is 0 Å². The number of carbonyl (C=O) groups excluding carboxylic acids is 1. The van der Waals surface area contributed by atoms with Crippen LogP contribution in [0, 0.1) is 0 Å². The molecule has 0 atom stereocenters. The zero-order valence-corrected chi connectivity index (χ0v) is 13.2. The summed E-state index contributed by atoms with van der Waals surface area (Å²) in [6.07, 6.45) is 3.31. The molecular weight excluding hydrogens is 302 g/mol. The minimum Gasteiger partial charge on any atom is -0.348 e. The highest BCUT2D eigenvalue weighted by molar-refractivity contribution is 7.89. The van der Waals surface area contributed by atoms with Crippen LogP contribution < -0.4 is 5.32 Å². The lowest BCUT2D eigenvalue weighted by molar-refractivity contribution is 0.0950. The molecule has 1 heterocycles. The molecule has 6 nitrogen and oxygen atoms in total. The molecule has 2 rings (SSSR count). The summed E-state index contributed by atoms with van der Waals surface area (Å²) in [7, 11) is -0.659. The third-order valence-corrected chi connectivity index (χ3v) is 4.86. The molecule has 0 saturated heterocycles. The topological polar surface area (TPSA) is 79.4 Å². The summed E-state index contributed by atoms with van der Waals surface area (Å²) in [4.78, 5) is 16.2. The molecule has 22 heavy (non-hydrogen) atoms. The lowest BCUT2D eigenvalue weighted by Gasteiger charge is -2.12. The molecule has 0 saturated carbocycles. The van der Waals surface area contributed by atoms with Crippen LogP contribution in [-0.2, 0) is 16.6 Å². The average molecular weight is 319 g/mol. The molecule has 0 spiro atoms. The van der Waals surface area contributed by atoms with Crippen molar-refractivity contribution < 1.29 is 13.2 Å². The fraction of sp³-hybridized carbons (Fsp3) is 0.200. The third-order valence-electron chi connectivity index (χ3n) is 3.05. The molecule has 1 amide bonds. The van der Waals surface area contributed by atoms with Crippen molar-refractivity contribution in [2.75, 3.05) is 14.1 Å². The van der Waals surface area contributed by atoms with E-state index in [0.29, 0.717) is 12.1 Å². The molecule has 7 heteroatoms. The Balaban J connectivity index is 2.14. The van der Waals surface area contributed by atoms with Gasteiger partial charge in [0.1, 0.15) is 0 Å². The fourth-order valence-electron chi connectivity index (χ4n) is 1.80. The summed E-state index contributed by atoms with van der Waals surface area (Å²) in [5, 5.41) is 2.74. The van der Waals surface area contributed by atoms with E-state index < -0.39 is 10.0 Å². The van der Waals surface area contributed by atoms with Gasteiger partial charge in [0.2, 0.25) is 10.0 Å². The van der Waals surface area contributed by atoms with E-state index >= 15 is 0 Å². The quantitative estimate of drug-likeness (QED) is 0.900. The normalized spacial score (nSPS) is 11.4. The Hall–Kier alpha value is -2.25. The fourth-order valence-corrected chi connectivity index (χ4v) is 2.74. The molecule has 1 aromatic heterocycles. The van der Waals surface area contributed by atoms with Crippen molar-refractivity contribution in [2.45, 2.75) is 11.4 Å². The van der Waals surface area contributed by atoms with E-state index in [1.54, 1.807) is 30.6 Å². The van der Waals surface area contributed by atoms with E-state index in [1.807, 2.05) is 6.07 Å². The average Bonchev–Trinajstić information content (AvgIpc) is 2.53. The van der Waals surface area contributed by atoms with Crippen molar-refractivity contribution in [3.05, 3.63) is 59.9 Å². The number of hydrogen-bond donors (Lipinski definition) is 1. The number of sulfonamides is 1. The minimum atomic E-state index is -3.56. The van der Waals surface area contributed by atoms with Crippen LogP contribution in [-0.4, -0.2) is 37.7 Å². The Kier molecular flexibility index (Phi) is 4.89. The summed E-state index contributed by atoms with van der Waals surface area (Å²) in [5.74, 6) is -0.334. The van der Waals surface area contributed by atoms with E-state index in [2.05, 4.69) is 10.3 Å². The van der Waals surface area contributed by atoms with Gasteiger partial charge < -0.3 is 5.32 Å². The summed E-state index contributed by atoms with van der Waals surface area (Å²) in [6.45, 7) is 0.331. The molecule has 2 aromatic rings. The number of nitrogens with one attached hydrogen (secondary N) is 1. The zero-order chi connectivity index (χ0) is 16.2. The first-order chi connectivity index (χ1) is 10.4. The minimum absolute atomic E-state index is 0.0894. The van der Waals surface area contributed by atoms with Gasteiger partial charge in [-0.3, -0.25) is 9.78 Å². The number of benzene rings is 1. The lowest BCUT2D eigenvalue weighted by atomic mass is 10.2. The molecule has 0 radical (unpaired) electrons.